The summed E-state index contributed by atoms with van der Waals surface area (Å²) in [6.45, 7) is 4.29. The third-order valence-corrected chi connectivity index (χ3v) is 3.94. The van der Waals surface area contributed by atoms with Gasteiger partial charge in [-0.3, -0.25) is 9.56 Å². The number of fused-ring (bicyclic) bond motifs is 1. The number of nitrogens with zero attached hydrogens (tertiary/aromatic N) is 3. The number of H-pyrrole nitrogens is 1. The van der Waals surface area contributed by atoms with Crippen LogP contribution in [-0.2, 0) is 0 Å². The minimum atomic E-state index is 0.299. The maximum absolute atomic E-state index is 6.01. The van der Waals surface area contributed by atoms with Crippen molar-refractivity contribution in [2.45, 2.75) is 25.3 Å². The van der Waals surface area contributed by atoms with Crippen LogP contribution < -0.4 is 11.2 Å². The Morgan fingerprint density at radius 1 is 1.58 bits per heavy atom. The van der Waals surface area contributed by atoms with Gasteiger partial charge in [-0.15, -0.1) is 0 Å². The van der Waals surface area contributed by atoms with Gasteiger partial charge in [-0.05, 0) is 25.3 Å². The van der Waals surface area contributed by atoms with Crippen LogP contribution in [0.1, 0.15) is 19.3 Å². The second-order valence-electron chi connectivity index (χ2n) is 5.15. The Balaban J connectivity index is 2.13. The third kappa shape index (κ3) is 2.00. The maximum atomic E-state index is 6.01. The average Bonchev–Trinajstić information content (AvgIpc) is 3.04. The molecule has 2 aromatic heterocycles. The van der Waals surface area contributed by atoms with E-state index in [1.165, 1.54) is 0 Å². The van der Waals surface area contributed by atoms with Crippen LogP contribution in [0.25, 0.3) is 16.9 Å². The van der Waals surface area contributed by atoms with E-state index in [4.69, 9.17) is 5.73 Å². The number of nitrogens with two attached hydrogens (primary N) is 1. The van der Waals surface area contributed by atoms with Crippen molar-refractivity contribution in [3.8, 4) is 0 Å². The lowest BCUT2D eigenvalue weighted by atomic mass is 10.0. The Morgan fingerprint density at radius 2 is 2.42 bits per heavy atom. The zero-order valence-corrected chi connectivity index (χ0v) is 11.1. The molecule has 1 saturated carbocycles. The highest BCUT2D eigenvalue weighted by Gasteiger charge is 2.25. The molecule has 0 aromatic carbocycles. The van der Waals surface area contributed by atoms with Gasteiger partial charge in [0.1, 0.15) is 0 Å². The first-order valence-corrected chi connectivity index (χ1v) is 6.63. The van der Waals surface area contributed by atoms with E-state index in [1.54, 1.807) is 13.2 Å². The summed E-state index contributed by atoms with van der Waals surface area (Å²) < 4.78 is 2.10. The van der Waals surface area contributed by atoms with Gasteiger partial charge in [0, 0.05) is 30.9 Å². The van der Waals surface area contributed by atoms with Crippen molar-refractivity contribution < 1.29 is 0 Å². The van der Waals surface area contributed by atoms with Gasteiger partial charge in [0.25, 0.3) is 0 Å². The number of aromatic amines is 1. The van der Waals surface area contributed by atoms with E-state index in [1.807, 2.05) is 12.3 Å². The SMILES string of the molecule is C=C([C@H]1CC[C@H](N)C1)n1c(=NC)cnc2[nH]ccc21. The Bertz CT molecular complexity index is 678. The molecule has 0 bridgehead atoms. The van der Waals surface area contributed by atoms with E-state index in [-0.39, 0.29) is 0 Å². The summed E-state index contributed by atoms with van der Waals surface area (Å²) in [6.07, 6.45) is 6.85. The van der Waals surface area contributed by atoms with Gasteiger partial charge >= 0.3 is 0 Å². The fourth-order valence-electron chi connectivity index (χ4n) is 2.90. The molecule has 0 radical (unpaired) electrons. The van der Waals surface area contributed by atoms with E-state index in [2.05, 4.69) is 26.1 Å². The fourth-order valence-corrected chi connectivity index (χ4v) is 2.90. The average molecular weight is 257 g/mol. The lowest BCUT2D eigenvalue weighted by molar-refractivity contribution is 0.642. The Morgan fingerprint density at radius 3 is 3.11 bits per heavy atom. The van der Waals surface area contributed by atoms with Crippen LogP contribution in [0.2, 0.25) is 0 Å². The van der Waals surface area contributed by atoms with Crippen molar-refractivity contribution >= 4 is 16.9 Å². The summed E-state index contributed by atoms with van der Waals surface area (Å²) in [5, 5.41) is 0. The second kappa shape index (κ2) is 4.66. The van der Waals surface area contributed by atoms with Crippen LogP contribution in [0.15, 0.2) is 30.0 Å². The first kappa shape index (κ1) is 12.2. The smallest absolute Gasteiger partial charge is 0.154 e. The molecule has 0 amide bonds. The van der Waals surface area contributed by atoms with E-state index < -0.39 is 0 Å². The van der Waals surface area contributed by atoms with E-state index in [0.717, 1.165) is 41.6 Å². The number of rotatable bonds is 2. The molecule has 5 heteroatoms. The van der Waals surface area contributed by atoms with Gasteiger partial charge in [0.05, 0.1) is 11.7 Å². The standard InChI is InChI=1S/C14H19N5/c1-9(10-3-4-11(15)7-10)19-12-5-6-17-14(12)18-8-13(19)16-2/h5-6,8,10-11,17H,1,3-4,7,15H2,2H3/t10-,11-/m0/s1. The predicted octanol–water partition coefficient (Wildman–Crippen LogP) is 1.49. The molecule has 19 heavy (non-hydrogen) atoms. The zero-order chi connectivity index (χ0) is 13.4. The summed E-state index contributed by atoms with van der Waals surface area (Å²) in [5.74, 6) is 0.431. The molecule has 0 saturated heterocycles. The summed E-state index contributed by atoms with van der Waals surface area (Å²) in [7, 11) is 1.78. The molecule has 3 rings (SSSR count). The highest BCUT2D eigenvalue weighted by atomic mass is 15.1. The minimum Gasteiger partial charge on any atom is -0.345 e. The lowest BCUT2D eigenvalue weighted by Gasteiger charge is -2.18. The molecular weight excluding hydrogens is 238 g/mol. The van der Waals surface area contributed by atoms with Crippen molar-refractivity contribution in [3.63, 3.8) is 0 Å². The van der Waals surface area contributed by atoms with Gasteiger partial charge in [-0.1, -0.05) is 6.58 Å². The topological polar surface area (TPSA) is 72.0 Å². The van der Waals surface area contributed by atoms with Crippen LogP contribution in [0.5, 0.6) is 0 Å². The lowest BCUT2D eigenvalue weighted by Crippen LogP contribution is -2.24. The molecule has 2 heterocycles. The minimum absolute atomic E-state index is 0.299. The zero-order valence-electron chi connectivity index (χ0n) is 11.1. The van der Waals surface area contributed by atoms with Gasteiger partial charge < -0.3 is 10.7 Å². The number of nitrogens with one attached hydrogen (secondary N) is 1. The number of aromatic nitrogens is 3. The summed E-state index contributed by atoms with van der Waals surface area (Å²) >= 11 is 0. The van der Waals surface area contributed by atoms with Crippen LogP contribution in [-0.4, -0.2) is 27.6 Å². The molecule has 0 spiro atoms. The largest absolute Gasteiger partial charge is 0.345 e. The van der Waals surface area contributed by atoms with Crippen molar-refractivity contribution in [3.05, 3.63) is 30.5 Å². The molecule has 1 fully saturated rings. The van der Waals surface area contributed by atoms with Crippen LogP contribution in [0.3, 0.4) is 0 Å². The number of allylic oxidation sites excluding steroid dienone is 1. The van der Waals surface area contributed by atoms with Crippen LogP contribution in [0.4, 0.5) is 0 Å². The van der Waals surface area contributed by atoms with Crippen LogP contribution in [0, 0.1) is 5.92 Å². The van der Waals surface area contributed by atoms with E-state index in [9.17, 15) is 0 Å². The maximum Gasteiger partial charge on any atom is 0.154 e. The first-order valence-electron chi connectivity index (χ1n) is 6.63. The molecule has 1 aliphatic rings. The van der Waals surface area contributed by atoms with Crippen LogP contribution >= 0.6 is 0 Å². The Kier molecular flexibility index (Phi) is 2.98. The third-order valence-electron chi connectivity index (χ3n) is 3.94. The highest BCUT2D eigenvalue weighted by Crippen LogP contribution is 2.32. The van der Waals surface area contributed by atoms with E-state index in [0.29, 0.717) is 12.0 Å². The van der Waals surface area contributed by atoms with Gasteiger partial charge in [0.15, 0.2) is 11.1 Å². The number of hydrogen-bond donors (Lipinski definition) is 2. The number of hydrogen-bond acceptors (Lipinski definition) is 3. The molecule has 0 unspecified atom stereocenters. The fraction of sp³-hybridized carbons (Fsp3) is 0.429. The second-order valence-corrected chi connectivity index (χ2v) is 5.15. The van der Waals surface area contributed by atoms with Crippen molar-refractivity contribution in [1.82, 2.24) is 14.5 Å². The van der Waals surface area contributed by atoms with E-state index >= 15 is 0 Å². The van der Waals surface area contributed by atoms with Crippen molar-refractivity contribution in [1.29, 1.82) is 0 Å². The molecule has 2 atom stereocenters. The molecule has 100 valence electrons. The quantitative estimate of drug-likeness (QED) is 0.855. The molecule has 1 aliphatic carbocycles. The Hall–Kier alpha value is -1.88. The normalized spacial score (nSPS) is 24.2. The molecule has 3 N–H and O–H groups in total. The molecule has 2 aromatic rings. The molecule has 5 nitrogen and oxygen atoms in total. The van der Waals surface area contributed by atoms with Crippen molar-refractivity contribution in [2.24, 2.45) is 16.6 Å². The van der Waals surface area contributed by atoms with Gasteiger partial charge in [-0.2, -0.15) is 0 Å². The van der Waals surface area contributed by atoms with Crippen molar-refractivity contribution in [2.75, 3.05) is 7.05 Å². The first-order chi connectivity index (χ1) is 9.20. The van der Waals surface area contributed by atoms with Gasteiger partial charge in [-0.25, -0.2) is 4.98 Å². The summed E-state index contributed by atoms with van der Waals surface area (Å²) in [5.41, 5.74) is 9.79. The highest BCUT2D eigenvalue weighted by molar-refractivity contribution is 5.75. The molecule has 0 aliphatic heterocycles. The van der Waals surface area contributed by atoms with Gasteiger partial charge in [0.2, 0.25) is 0 Å². The predicted molar refractivity (Wildman–Crippen MR) is 76.2 cm³/mol. The Labute approximate surface area is 111 Å². The summed E-state index contributed by atoms with van der Waals surface area (Å²) in [6, 6.07) is 2.31. The molecular formula is C14H19N5. The summed E-state index contributed by atoms with van der Waals surface area (Å²) in [4.78, 5) is 11.8. The monoisotopic (exact) mass is 257 g/mol.